The first-order valence-corrected chi connectivity index (χ1v) is 11.3. The topological polar surface area (TPSA) is 100 Å². The molecule has 1 heterocycles. The van der Waals surface area contributed by atoms with Crippen LogP contribution >= 0.6 is 34.2 Å². The van der Waals surface area contributed by atoms with Crippen LogP contribution in [0, 0.1) is 13.7 Å². The average molecular weight is 591 g/mol. The monoisotopic (exact) mass is 590 g/mol. The van der Waals surface area contributed by atoms with Crippen LogP contribution in [-0.4, -0.2) is 23.9 Å². The maximum absolute atomic E-state index is 12.4. The number of rotatable bonds is 7. The molecule has 0 aromatic heterocycles. The maximum atomic E-state index is 12.4. The maximum Gasteiger partial charge on any atom is 0.363 e. The van der Waals surface area contributed by atoms with Gasteiger partial charge in [-0.1, -0.05) is 29.8 Å². The van der Waals surface area contributed by atoms with Crippen molar-refractivity contribution in [2.45, 2.75) is 6.61 Å². The van der Waals surface area contributed by atoms with Crippen LogP contribution in [0.25, 0.3) is 6.08 Å². The number of carbonyl (C=O) groups is 1. The van der Waals surface area contributed by atoms with E-state index in [0.29, 0.717) is 23.7 Å². The Morgan fingerprint density at radius 2 is 1.88 bits per heavy atom. The van der Waals surface area contributed by atoms with Crippen molar-refractivity contribution in [3.8, 4) is 11.5 Å². The van der Waals surface area contributed by atoms with Crippen molar-refractivity contribution in [3.05, 3.63) is 102 Å². The van der Waals surface area contributed by atoms with E-state index in [2.05, 4.69) is 27.6 Å². The first-order chi connectivity index (χ1) is 16.3. The summed E-state index contributed by atoms with van der Waals surface area (Å²) in [6.45, 7) is 0.373. The predicted molar refractivity (Wildman–Crippen MR) is 135 cm³/mol. The first kappa shape index (κ1) is 23.7. The highest BCUT2D eigenvalue weighted by Crippen LogP contribution is 2.31. The normalized spacial score (nSPS) is 14.0. The Hall–Kier alpha value is -3.44. The van der Waals surface area contributed by atoms with Crippen LogP contribution in [0.5, 0.6) is 11.5 Å². The largest absolute Gasteiger partial charge is 0.493 e. The molecular formula is C24H16ClIN2O6. The minimum atomic E-state index is -0.699. The Balaban J connectivity index is 1.57. The van der Waals surface area contributed by atoms with E-state index >= 15 is 0 Å². The molecule has 172 valence electrons. The number of benzene rings is 3. The van der Waals surface area contributed by atoms with Gasteiger partial charge in [-0.15, -0.1) is 0 Å². The Labute approximate surface area is 213 Å². The molecule has 0 radical (unpaired) electrons. The van der Waals surface area contributed by atoms with Gasteiger partial charge in [-0.25, -0.2) is 9.79 Å². The molecule has 10 heteroatoms. The van der Waals surface area contributed by atoms with Gasteiger partial charge in [0, 0.05) is 15.7 Å². The molecule has 3 aromatic rings. The van der Waals surface area contributed by atoms with E-state index in [0.717, 1.165) is 9.13 Å². The summed E-state index contributed by atoms with van der Waals surface area (Å²) in [6.07, 6.45) is 1.52. The number of nitro groups is 1. The fourth-order valence-electron chi connectivity index (χ4n) is 3.11. The molecule has 0 saturated heterocycles. The molecular weight excluding hydrogens is 575 g/mol. The summed E-state index contributed by atoms with van der Waals surface area (Å²) in [7, 11) is 1.52. The quantitative estimate of drug-likeness (QED) is 0.114. The highest BCUT2D eigenvalue weighted by molar-refractivity contribution is 14.1. The molecule has 0 atom stereocenters. The lowest BCUT2D eigenvalue weighted by molar-refractivity contribution is -0.384. The first-order valence-electron chi connectivity index (χ1n) is 9.86. The van der Waals surface area contributed by atoms with E-state index in [4.69, 9.17) is 25.8 Å². The second-order valence-electron chi connectivity index (χ2n) is 7.08. The third kappa shape index (κ3) is 5.37. The van der Waals surface area contributed by atoms with Crippen LogP contribution in [-0.2, 0) is 16.1 Å². The molecule has 0 N–H and O–H groups in total. The number of hydrogen-bond donors (Lipinski definition) is 0. The molecule has 0 bridgehead atoms. The SMILES string of the molecule is COc1cc(/C=C2\N=C(c3cc([N+](=O)[O-])ccc3Cl)OC2=O)ccc1OCc1ccc(I)cc1. The number of nitro benzene ring substituents is 1. The summed E-state index contributed by atoms with van der Waals surface area (Å²) in [5.41, 5.74) is 1.63. The van der Waals surface area contributed by atoms with Gasteiger partial charge in [-0.2, -0.15) is 0 Å². The molecule has 0 unspecified atom stereocenters. The summed E-state index contributed by atoms with van der Waals surface area (Å²) in [5.74, 6) is 0.229. The van der Waals surface area contributed by atoms with Crippen molar-refractivity contribution in [2.75, 3.05) is 7.11 Å². The zero-order chi connectivity index (χ0) is 24.2. The third-order valence-electron chi connectivity index (χ3n) is 4.81. The second kappa shape index (κ2) is 10.2. The Kier molecular flexibility index (Phi) is 7.13. The molecule has 0 amide bonds. The number of esters is 1. The summed E-state index contributed by atoms with van der Waals surface area (Å²) in [5, 5.41) is 11.2. The van der Waals surface area contributed by atoms with Crippen molar-refractivity contribution < 1.29 is 23.9 Å². The number of hydrogen-bond acceptors (Lipinski definition) is 7. The van der Waals surface area contributed by atoms with E-state index in [1.165, 1.54) is 31.4 Å². The van der Waals surface area contributed by atoms with Crippen LogP contribution in [0.4, 0.5) is 5.69 Å². The molecule has 0 spiro atoms. The number of halogens is 2. The number of carbonyl (C=O) groups excluding carboxylic acids is 1. The van der Waals surface area contributed by atoms with Gasteiger partial charge in [0.15, 0.2) is 17.2 Å². The van der Waals surface area contributed by atoms with Crippen LogP contribution in [0.3, 0.4) is 0 Å². The number of non-ortho nitro benzene ring substituents is 1. The fourth-order valence-corrected chi connectivity index (χ4v) is 3.67. The van der Waals surface area contributed by atoms with Crippen LogP contribution in [0.15, 0.2) is 71.4 Å². The fraction of sp³-hybridized carbons (Fsp3) is 0.0833. The average Bonchev–Trinajstić information content (AvgIpc) is 3.19. The minimum Gasteiger partial charge on any atom is -0.493 e. The minimum absolute atomic E-state index is 0.0205. The summed E-state index contributed by atoms with van der Waals surface area (Å²) in [4.78, 5) is 27.0. The van der Waals surface area contributed by atoms with Gasteiger partial charge in [0.25, 0.3) is 5.69 Å². The molecule has 34 heavy (non-hydrogen) atoms. The van der Waals surface area contributed by atoms with Gasteiger partial charge < -0.3 is 14.2 Å². The summed E-state index contributed by atoms with van der Waals surface area (Å²) in [6, 6.07) is 17.0. The van der Waals surface area contributed by atoms with Crippen molar-refractivity contribution >= 4 is 57.8 Å². The number of methoxy groups -OCH3 is 1. The lowest BCUT2D eigenvalue weighted by Crippen LogP contribution is -2.06. The smallest absolute Gasteiger partial charge is 0.363 e. The zero-order valence-electron chi connectivity index (χ0n) is 17.7. The van der Waals surface area contributed by atoms with Gasteiger partial charge in [0.2, 0.25) is 5.90 Å². The number of aliphatic imine (C=N–C) groups is 1. The van der Waals surface area contributed by atoms with E-state index in [9.17, 15) is 14.9 Å². The van der Waals surface area contributed by atoms with Crippen LogP contribution in [0.1, 0.15) is 16.7 Å². The molecule has 1 aliphatic heterocycles. The van der Waals surface area contributed by atoms with E-state index in [1.54, 1.807) is 18.2 Å². The Bertz CT molecular complexity index is 1340. The number of ether oxygens (including phenoxy) is 3. The Morgan fingerprint density at radius 3 is 2.59 bits per heavy atom. The van der Waals surface area contributed by atoms with Gasteiger partial charge in [0.05, 0.1) is 22.6 Å². The summed E-state index contributed by atoms with van der Waals surface area (Å²) >= 11 is 8.37. The molecule has 3 aromatic carbocycles. The van der Waals surface area contributed by atoms with E-state index in [-0.39, 0.29) is 27.9 Å². The molecule has 0 aliphatic carbocycles. The van der Waals surface area contributed by atoms with Gasteiger partial charge in [-0.3, -0.25) is 10.1 Å². The molecule has 0 fully saturated rings. The Morgan fingerprint density at radius 1 is 1.12 bits per heavy atom. The molecule has 0 saturated carbocycles. The van der Waals surface area contributed by atoms with Crippen molar-refractivity contribution in [3.63, 3.8) is 0 Å². The summed E-state index contributed by atoms with van der Waals surface area (Å²) < 4.78 is 17.7. The number of nitrogens with zero attached hydrogens (tertiary/aromatic N) is 2. The van der Waals surface area contributed by atoms with E-state index in [1.807, 2.05) is 24.3 Å². The van der Waals surface area contributed by atoms with Crippen molar-refractivity contribution in [1.82, 2.24) is 0 Å². The molecule has 1 aliphatic rings. The third-order valence-corrected chi connectivity index (χ3v) is 5.86. The van der Waals surface area contributed by atoms with Crippen molar-refractivity contribution in [2.24, 2.45) is 4.99 Å². The molecule has 4 rings (SSSR count). The zero-order valence-corrected chi connectivity index (χ0v) is 20.6. The van der Waals surface area contributed by atoms with Crippen molar-refractivity contribution in [1.29, 1.82) is 0 Å². The highest BCUT2D eigenvalue weighted by atomic mass is 127. The lowest BCUT2D eigenvalue weighted by atomic mass is 10.1. The van der Waals surface area contributed by atoms with Gasteiger partial charge in [0.1, 0.15) is 6.61 Å². The highest BCUT2D eigenvalue weighted by Gasteiger charge is 2.27. The van der Waals surface area contributed by atoms with Gasteiger partial charge >= 0.3 is 5.97 Å². The van der Waals surface area contributed by atoms with Crippen LogP contribution < -0.4 is 9.47 Å². The van der Waals surface area contributed by atoms with Crippen LogP contribution in [0.2, 0.25) is 5.02 Å². The predicted octanol–water partition coefficient (Wildman–Crippen LogP) is 5.78. The van der Waals surface area contributed by atoms with E-state index < -0.39 is 10.9 Å². The lowest BCUT2D eigenvalue weighted by Gasteiger charge is -2.11. The van der Waals surface area contributed by atoms with Gasteiger partial charge in [-0.05, 0) is 70.1 Å². The standard InChI is InChI=1S/C24H16ClIN2O6/c1-32-22-11-15(4-9-21(22)33-13-14-2-5-16(26)6-3-14)10-20-24(29)34-23(27-20)18-12-17(28(30)31)7-8-19(18)25/h2-12H,13H2,1H3/b20-10-. The number of cyclic esters (lactones) is 1. The molecule has 8 nitrogen and oxygen atoms in total. The second-order valence-corrected chi connectivity index (χ2v) is 8.74.